The zero-order valence-corrected chi connectivity index (χ0v) is 12.1. The molecule has 0 spiro atoms. The third-order valence-corrected chi connectivity index (χ3v) is 3.44. The standard InChI is InChI=1S/C13H13ClN4O3/c1-7-9(14)4-3-5-10(7)15-12(19)8(2)18-6-11(13(20)21)16-17-18/h3-6,8H,1-2H3,(H,15,19)(H,20,21). The second-order valence-corrected chi connectivity index (χ2v) is 4.87. The molecule has 21 heavy (non-hydrogen) atoms. The number of hydrogen-bond donors (Lipinski definition) is 2. The van der Waals surface area contributed by atoms with Gasteiger partial charge in [-0.1, -0.05) is 22.9 Å². The van der Waals surface area contributed by atoms with Crippen molar-refractivity contribution in [2.75, 3.05) is 5.32 Å². The van der Waals surface area contributed by atoms with Gasteiger partial charge in [-0.15, -0.1) is 5.10 Å². The highest BCUT2D eigenvalue weighted by Crippen LogP contribution is 2.23. The van der Waals surface area contributed by atoms with Crippen LogP contribution >= 0.6 is 11.6 Å². The lowest BCUT2D eigenvalue weighted by Crippen LogP contribution is -2.24. The minimum atomic E-state index is -1.19. The van der Waals surface area contributed by atoms with Crippen molar-refractivity contribution < 1.29 is 14.7 Å². The van der Waals surface area contributed by atoms with Crippen LogP contribution in [0.4, 0.5) is 5.69 Å². The summed E-state index contributed by atoms with van der Waals surface area (Å²) in [5.41, 5.74) is 1.14. The average molecular weight is 309 g/mol. The van der Waals surface area contributed by atoms with E-state index < -0.39 is 12.0 Å². The molecular formula is C13H13ClN4O3. The number of hydrogen-bond acceptors (Lipinski definition) is 4. The molecule has 0 saturated heterocycles. The maximum absolute atomic E-state index is 12.2. The van der Waals surface area contributed by atoms with Gasteiger partial charge in [0.15, 0.2) is 5.69 Å². The first-order chi connectivity index (χ1) is 9.90. The van der Waals surface area contributed by atoms with Crippen LogP contribution < -0.4 is 5.32 Å². The second-order valence-electron chi connectivity index (χ2n) is 4.47. The van der Waals surface area contributed by atoms with Crippen LogP contribution in [-0.4, -0.2) is 32.0 Å². The molecule has 1 amide bonds. The van der Waals surface area contributed by atoms with Crippen molar-refractivity contribution in [1.29, 1.82) is 0 Å². The number of aromatic nitrogens is 3. The monoisotopic (exact) mass is 308 g/mol. The fourth-order valence-corrected chi connectivity index (χ4v) is 1.84. The van der Waals surface area contributed by atoms with Gasteiger partial charge in [0.1, 0.15) is 6.04 Å². The topological polar surface area (TPSA) is 97.1 Å². The number of nitrogens with zero attached hydrogens (tertiary/aromatic N) is 3. The zero-order chi connectivity index (χ0) is 15.6. The molecule has 0 bridgehead atoms. The highest BCUT2D eigenvalue weighted by atomic mass is 35.5. The van der Waals surface area contributed by atoms with E-state index in [-0.39, 0.29) is 11.6 Å². The summed E-state index contributed by atoms with van der Waals surface area (Å²) < 4.78 is 1.19. The van der Waals surface area contributed by atoms with E-state index in [1.54, 1.807) is 32.0 Å². The maximum atomic E-state index is 12.2. The Morgan fingerprint density at radius 2 is 2.14 bits per heavy atom. The molecule has 2 rings (SSSR count). The number of carboxylic acid groups (broad SMARTS) is 1. The van der Waals surface area contributed by atoms with E-state index in [4.69, 9.17) is 16.7 Å². The van der Waals surface area contributed by atoms with Crippen LogP contribution in [0.5, 0.6) is 0 Å². The van der Waals surface area contributed by atoms with Gasteiger partial charge >= 0.3 is 5.97 Å². The summed E-state index contributed by atoms with van der Waals surface area (Å²) in [4.78, 5) is 22.9. The van der Waals surface area contributed by atoms with Crippen LogP contribution in [0.2, 0.25) is 5.02 Å². The van der Waals surface area contributed by atoms with Crippen molar-refractivity contribution in [1.82, 2.24) is 15.0 Å². The maximum Gasteiger partial charge on any atom is 0.358 e. The number of carbonyl (C=O) groups is 2. The van der Waals surface area contributed by atoms with Crippen molar-refractivity contribution in [2.45, 2.75) is 19.9 Å². The molecule has 0 aliphatic rings. The molecule has 0 radical (unpaired) electrons. The minimum absolute atomic E-state index is 0.214. The number of amides is 1. The lowest BCUT2D eigenvalue weighted by molar-refractivity contribution is -0.119. The molecule has 1 aromatic heterocycles. The van der Waals surface area contributed by atoms with Crippen molar-refractivity contribution in [3.05, 3.63) is 40.7 Å². The van der Waals surface area contributed by atoms with Crippen molar-refractivity contribution in [3.63, 3.8) is 0 Å². The molecule has 1 heterocycles. The van der Waals surface area contributed by atoms with Crippen molar-refractivity contribution >= 4 is 29.2 Å². The molecule has 2 N–H and O–H groups in total. The lowest BCUT2D eigenvalue weighted by Gasteiger charge is -2.14. The van der Waals surface area contributed by atoms with Crippen LogP contribution in [0.1, 0.15) is 29.0 Å². The van der Waals surface area contributed by atoms with Gasteiger partial charge in [-0.25, -0.2) is 9.48 Å². The number of rotatable bonds is 4. The molecule has 110 valence electrons. The fourth-order valence-electron chi connectivity index (χ4n) is 1.66. The van der Waals surface area contributed by atoms with Gasteiger partial charge in [-0.2, -0.15) is 0 Å². The smallest absolute Gasteiger partial charge is 0.358 e. The van der Waals surface area contributed by atoms with Gasteiger partial charge in [0.25, 0.3) is 0 Å². The molecule has 7 nitrogen and oxygen atoms in total. The molecule has 0 fully saturated rings. The first-order valence-electron chi connectivity index (χ1n) is 6.11. The van der Waals surface area contributed by atoms with Crippen molar-refractivity contribution in [3.8, 4) is 0 Å². The summed E-state index contributed by atoms with van der Waals surface area (Å²) in [5, 5.41) is 19.2. The second kappa shape index (κ2) is 5.92. The summed E-state index contributed by atoms with van der Waals surface area (Å²) in [6, 6.07) is 4.49. The fraction of sp³-hybridized carbons (Fsp3) is 0.231. The van der Waals surface area contributed by atoms with E-state index in [1.165, 1.54) is 10.9 Å². The van der Waals surface area contributed by atoms with E-state index in [9.17, 15) is 9.59 Å². The van der Waals surface area contributed by atoms with Crippen LogP contribution in [0.3, 0.4) is 0 Å². The van der Waals surface area contributed by atoms with E-state index in [1.807, 2.05) is 0 Å². The number of anilines is 1. The quantitative estimate of drug-likeness (QED) is 0.902. The number of carboxylic acids is 1. The first-order valence-corrected chi connectivity index (χ1v) is 6.49. The van der Waals surface area contributed by atoms with Crippen LogP contribution in [0, 0.1) is 6.92 Å². The summed E-state index contributed by atoms with van der Waals surface area (Å²) >= 11 is 5.99. The number of benzene rings is 1. The number of aromatic carboxylic acids is 1. The van der Waals surface area contributed by atoms with Gasteiger partial charge in [-0.05, 0) is 31.5 Å². The Labute approximate surface area is 125 Å². The van der Waals surface area contributed by atoms with Gasteiger partial charge in [0.2, 0.25) is 5.91 Å². The van der Waals surface area contributed by atoms with Gasteiger partial charge in [-0.3, -0.25) is 4.79 Å². The van der Waals surface area contributed by atoms with Crippen LogP contribution in [0.25, 0.3) is 0 Å². The minimum Gasteiger partial charge on any atom is -0.476 e. The van der Waals surface area contributed by atoms with Gasteiger partial charge in [0.05, 0.1) is 6.20 Å². The number of nitrogens with one attached hydrogen (secondary N) is 1. The lowest BCUT2D eigenvalue weighted by atomic mass is 10.2. The Hall–Kier alpha value is -2.41. The molecule has 8 heteroatoms. The summed E-state index contributed by atoms with van der Waals surface area (Å²) in [7, 11) is 0. The Morgan fingerprint density at radius 1 is 1.43 bits per heavy atom. The molecule has 0 saturated carbocycles. The zero-order valence-electron chi connectivity index (χ0n) is 11.4. The SMILES string of the molecule is Cc1c(Cl)cccc1NC(=O)C(C)n1cc(C(=O)O)nn1. The Bertz CT molecular complexity index is 698. The van der Waals surface area contributed by atoms with Crippen LogP contribution in [-0.2, 0) is 4.79 Å². The predicted molar refractivity (Wildman–Crippen MR) is 76.5 cm³/mol. The molecule has 1 aromatic carbocycles. The molecular weight excluding hydrogens is 296 g/mol. The average Bonchev–Trinajstić information content (AvgIpc) is 2.93. The van der Waals surface area contributed by atoms with Crippen LogP contribution in [0.15, 0.2) is 24.4 Å². The van der Waals surface area contributed by atoms with E-state index in [0.717, 1.165) is 5.56 Å². The largest absolute Gasteiger partial charge is 0.476 e. The van der Waals surface area contributed by atoms with Crippen molar-refractivity contribution in [2.24, 2.45) is 0 Å². The third kappa shape index (κ3) is 3.19. The highest BCUT2D eigenvalue weighted by Gasteiger charge is 2.19. The highest BCUT2D eigenvalue weighted by molar-refractivity contribution is 6.31. The Morgan fingerprint density at radius 3 is 2.76 bits per heavy atom. The Kier molecular flexibility index (Phi) is 4.23. The summed E-state index contributed by atoms with van der Waals surface area (Å²) in [6.45, 7) is 3.39. The molecule has 1 atom stereocenters. The first kappa shape index (κ1) is 15.0. The number of halogens is 1. The third-order valence-electron chi connectivity index (χ3n) is 3.03. The van der Waals surface area contributed by atoms with E-state index in [0.29, 0.717) is 10.7 Å². The Balaban J connectivity index is 2.15. The van der Waals surface area contributed by atoms with Gasteiger partial charge < -0.3 is 10.4 Å². The normalized spacial score (nSPS) is 12.0. The molecule has 2 aromatic rings. The molecule has 0 aliphatic heterocycles. The van der Waals surface area contributed by atoms with Gasteiger partial charge in [0, 0.05) is 10.7 Å². The predicted octanol–water partition coefficient (Wildman–Crippen LogP) is 2.14. The molecule has 0 aliphatic carbocycles. The molecule has 1 unspecified atom stereocenters. The van der Waals surface area contributed by atoms with E-state index >= 15 is 0 Å². The van der Waals surface area contributed by atoms with E-state index in [2.05, 4.69) is 15.6 Å². The summed E-state index contributed by atoms with van der Waals surface area (Å²) in [6.07, 6.45) is 1.21. The summed E-state index contributed by atoms with van der Waals surface area (Å²) in [5.74, 6) is -1.54. The number of carbonyl (C=O) groups excluding carboxylic acids is 1.